The number of fused-ring (bicyclic) bond motifs is 3. The van der Waals surface area contributed by atoms with Crippen LogP contribution in [0, 0.1) is 11.8 Å². The summed E-state index contributed by atoms with van der Waals surface area (Å²) in [6.07, 6.45) is 19.4. The third kappa shape index (κ3) is 3.22. The van der Waals surface area contributed by atoms with Crippen molar-refractivity contribution in [1.29, 1.82) is 0 Å². The number of epoxide rings is 2. The van der Waals surface area contributed by atoms with Gasteiger partial charge < -0.3 is 9.47 Å². The molecular formula is C18H30O2. The van der Waals surface area contributed by atoms with Crippen molar-refractivity contribution < 1.29 is 9.47 Å². The summed E-state index contributed by atoms with van der Waals surface area (Å²) in [5, 5.41) is 0. The Hall–Kier alpha value is -0.0800. The van der Waals surface area contributed by atoms with Crippen LogP contribution in [0.25, 0.3) is 0 Å². The molecule has 0 aromatic carbocycles. The highest BCUT2D eigenvalue weighted by molar-refractivity contribution is 4.89. The molecule has 0 aromatic heterocycles. The molecule has 20 heavy (non-hydrogen) atoms. The van der Waals surface area contributed by atoms with E-state index in [1.165, 1.54) is 77.0 Å². The second-order valence-corrected chi connectivity index (χ2v) is 7.67. The van der Waals surface area contributed by atoms with E-state index in [1.54, 1.807) is 0 Å². The highest BCUT2D eigenvalue weighted by atomic mass is 16.6. The topological polar surface area (TPSA) is 25.1 Å². The average molecular weight is 278 g/mol. The van der Waals surface area contributed by atoms with Crippen molar-refractivity contribution in [3.8, 4) is 0 Å². The summed E-state index contributed by atoms with van der Waals surface area (Å²) in [5.74, 6) is 2.00. The monoisotopic (exact) mass is 278 g/mol. The van der Waals surface area contributed by atoms with Gasteiger partial charge in [-0.2, -0.15) is 0 Å². The van der Waals surface area contributed by atoms with Crippen LogP contribution < -0.4 is 0 Å². The molecule has 2 aliphatic heterocycles. The summed E-state index contributed by atoms with van der Waals surface area (Å²) in [6, 6.07) is 0. The first-order valence-electron chi connectivity index (χ1n) is 9.21. The number of rotatable bonds is 0. The maximum Gasteiger partial charge on any atom is 0.0841 e. The first kappa shape index (κ1) is 13.6. The van der Waals surface area contributed by atoms with E-state index in [2.05, 4.69) is 0 Å². The van der Waals surface area contributed by atoms with E-state index in [0.29, 0.717) is 24.4 Å². The number of ether oxygens (including phenoxy) is 2. The van der Waals surface area contributed by atoms with Crippen molar-refractivity contribution in [2.75, 3.05) is 0 Å². The Kier molecular flexibility index (Phi) is 4.05. The molecule has 0 spiro atoms. The molecule has 2 heterocycles. The van der Waals surface area contributed by atoms with E-state index in [1.807, 2.05) is 0 Å². The van der Waals surface area contributed by atoms with Crippen molar-refractivity contribution in [3.63, 3.8) is 0 Å². The standard InChI is InChI=1S/C18H30O2/c1-5-13-6-2-11-17-18(20-17)12-4-8-14(13)7-3-10-16-15(9-1)19-16/h13-18H,1-12H2. The summed E-state index contributed by atoms with van der Waals surface area (Å²) in [6.45, 7) is 0. The molecule has 2 saturated carbocycles. The lowest BCUT2D eigenvalue weighted by molar-refractivity contribution is 0.233. The quantitative estimate of drug-likeness (QED) is 0.611. The van der Waals surface area contributed by atoms with Gasteiger partial charge in [-0.1, -0.05) is 51.4 Å². The van der Waals surface area contributed by atoms with Gasteiger partial charge >= 0.3 is 0 Å². The fourth-order valence-corrected chi connectivity index (χ4v) is 4.93. The Bertz CT molecular complexity index is 269. The average Bonchev–Trinajstić information content (AvgIpc) is 3.34. The van der Waals surface area contributed by atoms with E-state index in [9.17, 15) is 0 Å². The van der Waals surface area contributed by atoms with Crippen molar-refractivity contribution in [2.45, 2.75) is 101 Å². The lowest BCUT2D eigenvalue weighted by atomic mass is 9.77. The van der Waals surface area contributed by atoms with Crippen LogP contribution in [0.15, 0.2) is 0 Å². The van der Waals surface area contributed by atoms with Gasteiger partial charge in [0.15, 0.2) is 0 Å². The smallest absolute Gasteiger partial charge is 0.0841 e. The van der Waals surface area contributed by atoms with Gasteiger partial charge in [0.05, 0.1) is 24.4 Å². The molecule has 0 radical (unpaired) electrons. The van der Waals surface area contributed by atoms with E-state index in [4.69, 9.17) is 9.47 Å². The molecule has 2 nitrogen and oxygen atoms in total. The van der Waals surface area contributed by atoms with Crippen LogP contribution in [0.2, 0.25) is 0 Å². The zero-order valence-corrected chi connectivity index (χ0v) is 12.8. The normalized spacial score (nSPS) is 49.2. The van der Waals surface area contributed by atoms with Crippen molar-refractivity contribution >= 4 is 0 Å². The van der Waals surface area contributed by atoms with Gasteiger partial charge in [0, 0.05) is 0 Å². The fourth-order valence-electron chi connectivity index (χ4n) is 4.93. The van der Waals surface area contributed by atoms with Crippen LogP contribution in [0.5, 0.6) is 0 Å². The SMILES string of the molecule is C1CC2CCCC3OC3CCCC2CCCC2OC2C1. The predicted octanol–water partition coefficient (Wildman–Crippen LogP) is 4.46. The van der Waals surface area contributed by atoms with Gasteiger partial charge in [0.1, 0.15) is 0 Å². The minimum Gasteiger partial charge on any atom is -0.370 e. The van der Waals surface area contributed by atoms with Crippen molar-refractivity contribution in [2.24, 2.45) is 11.8 Å². The summed E-state index contributed by atoms with van der Waals surface area (Å²) in [5.41, 5.74) is 0. The second-order valence-electron chi connectivity index (χ2n) is 7.67. The maximum absolute atomic E-state index is 5.79. The van der Waals surface area contributed by atoms with Crippen molar-refractivity contribution in [1.82, 2.24) is 0 Å². The zero-order valence-electron chi connectivity index (χ0n) is 12.8. The van der Waals surface area contributed by atoms with E-state index >= 15 is 0 Å². The highest BCUT2D eigenvalue weighted by Crippen LogP contribution is 2.41. The van der Waals surface area contributed by atoms with Gasteiger partial charge in [0.2, 0.25) is 0 Å². The molecule has 2 heteroatoms. The van der Waals surface area contributed by atoms with Crippen LogP contribution >= 0.6 is 0 Å². The predicted molar refractivity (Wildman–Crippen MR) is 79.7 cm³/mol. The highest BCUT2D eigenvalue weighted by Gasteiger charge is 2.40. The third-order valence-corrected chi connectivity index (χ3v) is 6.30. The third-order valence-electron chi connectivity index (χ3n) is 6.30. The molecule has 4 atom stereocenters. The largest absolute Gasteiger partial charge is 0.370 e. The maximum atomic E-state index is 5.79. The van der Waals surface area contributed by atoms with Gasteiger partial charge in [0.25, 0.3) is 0 Å². The molecule has 2 saturated heterocycles. The molecule has 0 amide bonds. The molecule has 0 bridgehead atoms. The molecule has 4 unspecified atom stereocenters. The van der Waals surface area contributed by atoms with E-state index < -0.39 is 0 Å². The van der Waals surface area contributed by atoms with Gasteiger partial charge in [-0.25, -0.2) is 0 Å². The fraction of sp³-hybridized carbons (Fsp3) is 1.00. The Labute approximate surface area is 123 Å². The minimum atomic E-state index is 0.645. The Balaban J connectivity index is 1.37. The molecule has 2 aliphatic carbocycles. The zero-order chi connectivity index (χ0) is 13.4. The van der Waals surface area contributed by atoms with Gasteiger partial charge in [-0.05, 0) is 37.5 Å². The van der Waals surface area contributed by atoms with E-state index in [0.717, 1.165) is 11.8 Å². The molecular weight excluding hydrogens is 248 g/mol. The van der Waals surface area contributed by atoms with E-state index in [-0.39, 0.29) is 0 Å². The summed E-state index contributed by atoms with van der Waals surface area (Å²) >= 11 is 0. The van der Waals surface area contributed by atoms with Crippen molar-refractivity contribution in [3.05, 3.63) is 0 Å². The first-order chi connectivity index (χ1) is 9.90. The Morgan fingerprint density at radius 2 is 0.700 bits per heavy atom. The lowest BCUT2D eigenvalue weighted by Crippen LogP contribution is -2.18. The summed E-state index contributed by atoms with van der Waals surface area (Å²) in [4.78, 5) is 0. The number of hydrogen-bond donors (Lipinski definition) is 0. The van der Waals surface area contributed by atoms with Crippen LogP contribution in [0.4, 0.5) is 0 Å². The second kappa shape index (κ2) is 5.96. The Morgan fingerprint density at radius 3 is 1.00 bits per heavy atom. The molecule has 0 aromatic rings. The number of hydrogen-bond acceptors (Lipinski definition) is 2. The van der Waals surface area contributed by atoms with Gasteiger partial charge in [-0.3, -0.25) is 0 Å². The van der Waals surface area contributed by atoms with Crippen LogP contribution in [0.1, 0.15) is 77.0 Å². The first-order valence-corrected chi connectivity index (χ1v) is 9.21. The van der Waals surface area contributed by atoms with Crippen LogP contribution in [-0.2, 0) is 9.47 Å². The van der Waals surface area contributed by atoms with Crippen LogP contribution in [0.3, 0.4) is 0 Å². The molecule has 114 valence electrons. The molecule has 4 fully saturated rings. The lowest BCUT2D eigenvalue weighted by Gasteiger charge is -2.28. The van der Waals surface area contributed by atoms with Gasteiger partial charge in [-0.15, -0.1) is 0 Å². The summed E-state index contributed by atoms with van der Waals surface area (Å²) < 4.78 is 11.6. The molecule has 4 rings (SSSR count). The molecule has 4 aliphatic rings. The van der Waals surface area contributed by atoms with Crippen LogP contribution in [-0.4, -0.2) is 24.4 Å². The Morgan fingerprint density at radius 1 is 0.400 bits per heavy atom. The minimum absolute atomic E-state index is 0.645. The molecule has 0 N–H and O–H groups in total. The summed E-state index contributed by atoms with van der Waals surface area (Å²) in [7, 11) is 0.